The summed E-state index contributed by atoms with van der Waals surface area (Å²) in [5.41, 5.74) is 3.45. The SMILES string of the molecule is Cn1c(-c2ccc(Cl)cc2)nc2cc(C#N)ccc21. The number of aromatic nitrogens is 2. The molecule has 0 bridgehead atoms. The van der Waals surface area contributed by atoms with Gasteiger partial charge in [0, 0.05) is 17.6 Å². The summed E-state index contributed by atoms with van der Waals surface area (Å²) in [6, 6.07) is 15.2. The van der Waals surface area contributed by atoms with E-state index in [0.717, 1.165) is 22.4 Å². The summed E-state index contributed by atoms with van der Waals surface area (Å²) in [5.74, 6) is 0.863. The Hall–Kier alpha value is -2.31. The van der Waals surface area contributed by atoms with E-state index in [9.17, 15) is 0 Å². The van der Waals surface area contributed by atoms with Gasteiger partial charge in [-0.3, -0.25) is 0 Å². The molecule has 3 nitrogen and oxygen atoms in total. The number of fused-ring (bicyclic) bond motifs is 1. The third-order valence-corrected chi connectivity index (χ3v) is 3.36. The van der Waals surface area contributed by atoms with Crippen molar-refractivity contribution < 1.29 is 0 Å². The fourth-order valence-electron chi connectivity index (χ4n) is 2.13. The monoisotopic (exact) mass is 267 g/mol. The number of benzene rings is 2. The Morgan fingerprint density at radius 1 is 1.16 bits per heavy atom. The Kier molecular flexibility index (Phi) is 2.73. The van der Waals surface area contributed by atoms with Crippen LogP contribution in [-0.4, -0.2) is 9.55 Å². The van der Waals surface area contributed by atoms with Crippen molar-refractivity contribution in [3.8, 4) is 17.5 Å². The van der Waals surface area contributed by atoms with E-state index in [4.69, 9.17) is 16.9 Å². The number of hydrogen-bond acceptors (Lipinski definition) is 2. The molecule has 1 heterocycles. The molecule has 0 fully saturated rings. The van der Waals surface area contributed by atoms with Crippen LogP contribution in [0.2, 0.25) is 5.02 Å². The second-order valence-corrected chi connectivity index (χ2v) is 4.75. The molecule has 0 spiro atoms. The third-order valence-electron chi connectivity index (χ3n) is 3.11. The maximum Gasteiger partial charge on any atom is 0.140 e. The first-order chi connectivity index (χ1) is 9.19. The van der Waals surface area contributed by atoms with Crippen LogP contribution in [0.3, 0.4) is 0 Å². The van der Waals surface area contributed by atoms with E-state index in [0.29, 0.717) is 10.6 Å². The van der Waals surface area contributed by atoms with Crippen LogP contribution in [-0.2, 0) is 7.05 Å². The second kappa shape index (κ2) is 4.42. The van der Waals surface area contributed by atoms with Gasteiger partial charge >= 0.3 is 0 Å². The molecule has 0 amide bonds. The minimum Gasteiger partial charge on any atom is -0.327 e. The molecule has 0 radical (unpaired) electrons. The van der Waals surface area contributed by atoms with Crippen LogP contribution >= 0.6 is 11.6 Å². The molecule has 0 saturated carbocycles. The molecule has 1 aromatic heterocycles. The van der Waals surface area contributed by atoms with E-state index < -0.39 is 0 Å². The minimum atomic E-state index is 0.619. The molecule has 3 aromatic rings. The summed E-state index contributed by atoms with van der Waals surface area (Å²) in [7, 11) is 1.96. The largest absolute Gasteiger partial charge is 0.327 e. The van der Waals surface area contributed by atoms with Gasteiger partial charge in [0.15, 0.2) is 0 Å². The summed E-state index contributed by atoms with van der Waals surface area (Å²) in [6.07, 6.45) is 0. The lowest BCUT2D eigenvalue weighted by atomic mass is 10.2. The maximum absolute atomic E-state index is 8.92. The number of aryl methyl sites for hydroxylation is 1. The quantitative estimate of drug-likeness (QED) is 0.673. The van der Waals surface area contributed by atoms with Gasteiger partial charge in [-0.15, -0.1) is 0 Å². The zero-order valence-electron chi connectivity index (χ0n) is 10.3. The molecular formula is C15H10ClN3. The van der Waals surface area contributed by atoms with E-state index >= 15 is 0 Å². The van der Waals surface area contributed by atoms with E-state index in [2.05, 4.69) is 11.1 Å². The van der Waals surface area contributed by atoms with Crippen molar-refractivity contribution in [2.75, 3.05) is 0 Å². The molecule has 19 heavy (non-hydrogen) atoms. The van der Waals surface area contributed by atoms with Gasteiger partial charge in [0.25, 0.3) is 0 Å². The Bertz CT molecular complexity index is 795. The normalized spacial score (nSPS) is 10.6. The first kappa shape index (κ1) is 11.8. The number of rotatable bonds is 1. The van der Waals surface area contributed by atoms with Gasteiger partial charge in [0.2, 0.25) is 0 Å². The molecule has 0 N–H and O–H groups in total. The van der Waals surface area contributed by atoms with Gasteiger partial charge in [0.05, 0.1) is 22.7 Å². The first-order valence-electron chi connectivity index (χ1n) is 5.81. The zero-order valence-corrected chi connectivity index (χ0v) is 11.0. The van der Waals surface area contributed by atoms with Gasteiger partial charge in [-0.25, -0.2) is 4.98 Å². The van der Waals surface area contributed by atoms with Gasteiger partial charge in [-0.05, 0) is 42.5 Å². The summed E-state index contributed by atoms with van der Waals surface area (Å²) in [4.78, 5) is 4.59. The van der Waals surface area contributed by atoms with E-state index in [1.807, 2.05) is 41.9 Å². The van der Waals surface area contributed by atoms with Crippen molar-refractivity contribution in [1.29, 1.82) is 5.26 Å². The molecule has 4 heteroatoms. The van der Waals surface area contributed by atoms with Crippen LogP contribution in [0.5, 0.6) is 0 Å². The molecule has 0 aliphatic carbocycles. The summed E-state index contributed by atoms with van der Waals surface area (Å²) >= 11 is 5.89. The van der Waals surface area contributed by atoms with Gasteiger partial charge in [-0.1, -0.05) is 11.6 Å². The van der Waals surface area contributed by atoms with Crippen molar-refractivity contribution >= 4 is 22.6 Å². The molecule has 0 aliphatic rings. The van der Waals surface area contributed by atoms with E-state index in [-0.39, 0.29) is 0 Å². The lowest BCUT2D eigenvalue weighted by Gasteiger charge is -2.02. The van der Waals surface area contributed by atoms with Crippen molar-refractivity contribution in [1.82, 2.24) is 9.55 Å². The van der Waals surface area contributed by atoms with Crippen LogP contribution in [0, 0.1) is 11.3 Å². The standard InChI is InChI=1S/C15H10ClN3/c1-19-14-7-2-10(9-17)8-13(14)18-15(19)11-3-5-12(16)6-4-11/h2-8H,1H3. The topological polar surface area (TPSA) is 41.6 Å². The fraction of sp³-hybridized carbons (Fsp3) is 0.0667. The molecule has 0 unspecified atom stereocenters. The van der Waals surface area contributed by atoms with Gasteiger partial charge < -0.3 is 4.57 Å². The van der Waals surface area contributed by atoms with Crippen LogP contribution in [0.15, 0.2) is 42.5 Å². The second-order valence-electron chi connectivity index (χ2n) is 4.32. The van der Waals surface area contributed by atoms with Crippen LogP contribution in [0.25, 0.3) is 22.4 Å². The van der Waals surface area contributed by atoms with Gasteiger partial charge in [-0.2, -0.15) is 5.26 Å². The molecule has 2 aromatic carbocycles. The predicted molar refractivity (Wildman–Crippen MR) is 75.9 cm³/mol. The average molecular weight is 268 g/mol. The van der Waals surface area contributed by atoms with Gasteiger partial charge in [0.1, 0.15) is 5.82 Å². The molecule has 92 valence electrons. The number of hydrogen-bond donors (Lipinski definition) is 0. The van der Waals surface area contributed by atoms with Crippen molar-refractivity contribution in [2.24, 2.45) is 7.05 Å². The van der Waals surface area contributed by atoms with Crippen LogP contribution < -0.4 is 0 Å². The predicted octanol–water partition coefficient (Wildman–Crippen LogP) is 3.77. The Morgan fingerprint density at radius 2 is 1.89 bits per heavy atom. The lowest BCUT2D eigenvalue weighted by molar-refractivity contribution is 0.959. The summed E-state index contributed by atoms with van der Waals surface area (Å²) < 4.78 is 2.01. The first-order valence-corrected chi connectivity index (χ1v) is 6.19. The third kappa shape index (κ3) is 1.96. The highest BCUT2D eigenvalue weighted by molar-refractivity contribution is 6.30. The minimum absolute atomic E-state index is 0.619. The molecule has 0 saturated heterocycles. The number of imidazole rings is 1. The Balaban J connectivity index is 2.22. The highest BCUT2D eigenvalue weighted by Gasteiger charge is 2.10. The summed E-state index contributed by atoms with van der Waals surface area (Å²) in [5, 5.41) is 9.62. The highest BCUT2D eigenvalue weighted by Crippen LogP contribution is 2.25. The smallest absolute Gasteiger partial charge is 0.140 e. The summed E-state index contributed by atoms with van der Waals surface area (Å²) in [6.45, 7) is 0. The maximum atomic E-state index is 8.92. The fourth-order valence-corrected chi connectivity index (χ4v) is 2.25. The lowest BCUT2D eigenvalue weighted by Crippen LogP contribution is -1.91. The zero-order chi connectivity index (χ0) is 13.4. The Labute approximate surface area is 115 Å². The van der Waals surface area contributed by atoms with E-state index in [1.54, 1.807) is 12.1 Å². The van der Waals surface area contributed by atoms with Crippen LogP contribution in [0.1, 0.15) is 5.56 Å². The number of nitrogens with zero attached hydrogens (tertiary/aromatic N) is 3. The van der Waals surface area contributed by atoms with Crippen LogP contribution in [0.4, 0.5) is 0 Å². The number of halogens is 1. The van der Waals surface area contributed by atoms with E-state index in [1.165, 1.54) is 0 Å². The molecule has 0 atom stereocenters. The molecular weight excluding hydrogens is 258 g/mol. The molecule has 3 rings (SSSR count). The average Bonchev–Trinajstić information content (AvgIpc) is 2.76. The Morgan fingerprint density at radius 3 is 2.58 bits per heavy atom. The molecule has 0 aliphatic heterocycles. The van der Waals surface area contributed by atoms with Crippen molar-refractivity contribution in [3.05, 3.63) is 53.1 Å². The number of nitriles is 1. The van der Waals surface area contributed by atoms with Crippen molar-refractivity contribution in [3.63, 3.8) is 0 Å². The highest BCUT2D eigenvalue weighted by atomic mass is 35.5. The van der Waals surface area contributed by atoms with Crippen molar-refractivity contribution in [2.45, 2.75) is 0 Å².